The Morgan fingerprint density at radius 3 is 2.94 bits per heavy atom. The number of rotatable bonds is 9. The highest BCUT2D eigenvalue weighted by Gasteiger charge is 1.98. The molecule has 5 heteroatoms. The van der Waals surface area contributed by atoms with Crippen LogP contribution in [0.4, 0.5) is 0 Å². The first-order chi connectivity index (χ1) is 8.33. The molecule has 0 unspecified atom stereocenters. The summed E-state index contributed by atoms with van der Waals surface area (Å²) in [5, 5.41) is 10.1. The summed E-state index contributed by atoms with van der Waals surface area (Å²) in [6.07, 6.45) is 6.85. The van der Waals surface area contributed by atoms with Crippen LogP contribution in [-0.2, 0) is 11.3 Å². The molecule has 96 valence electrons. The monoisotopic (exact) mass is 238 g/mol. The molecule has 0 atom stereocenters. The summed E-state index contributed by atoms with van der Waals surface area (Å²) in [4.78, 5) is 11.3. The minimum atomic E-state index is 0.0811. The topological polar surface area (TPSA) is 59.0 Å². The highest BCUT2D eigenvalue weighted by atomic mass is 16.1. The van der Waals surface area contributed by atoms with Crippen molar-refractivity contribution in [1.82, 2.24) is 20.4 Å². The molecular formula is C12H22N4O. The Hall–Kier alpha value is -1.36. The fourth-order valence-electron chi connectivity index (χ4n) is 1.47. The highest BCUT2D eigenvalue weighted by Crippen LogP contribution is 1.87. The number of nitrogens with zero attached hydrogens (tertiary/aromatic N) is 2. The van der Waals surface area contributed by atoms with Crippen molar-refractivity contribution in [2.24, 2.45) is 0 Å². The SMILES string of the molecule is CCCCNC(=O)CNCCCn1cccn1. The second-order valence-electron chi connectivity index (χ2n) is 4.00. The minimum Gasteiger partial charge on any atom is -0.355 e. The predicted octanol–water partition coefficient (Wildman–Crippen LogP) is 0.779. The number of carbonyl (C=O) groups is 1. The Bertz CT molecular complexity index is 297. The molecule has 0 fully saturated rings. The summed E-state index contributed by atoms with van der Waals surface area (Å²) in [5.41, 5.74) is 0. The third kappa shape index (κ3) is 6.73. The zero-order valence-electron chi connectivity index (χ0n) is 10.5. The third-order valence-corrected chi connectivity index (χ3v) is 2.44. The van der Waals surface area contributed by atoms with Gasteiger partial charge in [-0.05, 0) is 25.5 Å². The average molecular weight is 238 g/mol. The second kappa shape index (κ2) is 8.75. The maximum Gasteiger partial charge on any atom is 0.233 e. The molecule has 0 saturated carbocycles. The quantitative estimate of drug-likeness (QED) is 0.625. The van der Waals surface area contributed by atoms with Crippen LogP contribution in [0.25, 0.3) is 0 Å². The van der Waals surface area contributed by atoms with Gasteiger partial charge in [0.25, 0.3) is 0 Å². The molecule has 5 nitrogen and oxygen atoms in total. The molecule has 0 aromatic carbocycles. The number of nitrogens with one attached hydrogen (secondary N) is 2. The van der Waals surface area contributed by atoms with E-state index >= 15 is 0 Å². The molecule has 0 aliphatic rings. The van der Waals surface area contributed by atoms with E-state index in [1.807, 2.05) is 16.9 Å². The van der Waals surface area contributed by atoms with Crippen molar-refractivity contribution in [2.45, 2.75) is 32.7 Å². The molecular weight excluding hydrogens is 216 g/mol. The van der Waals surface area contributed by atoms with Crippen molar-refractivity contribution in [1.29, 1.82) is 0 Å². The summed E-state index contributed by atoms with van der Waals surface area (Å²) >= 11 is 0. The molecule has 1 heterocycles. The van der Waals surface area contributed by atoms with Gasteiger partial charge in [-0.3, -0.25) is 9.48 Å². The van der Waals surface area contributed by atoms with E-state index in [4.69, 9.17) is 0 Å². The first kappa shape index (κ1) is 13.7. The summed E-state index contributed by atoms with van der Waals surface area (Å²) in [7, 11) is 0. The Labute approximate surface area is 103 Å². The molecule has 1 aromatic rings. The molecule has 0 aliphatic heterocycles. The van der Waals surface area contributed by atoms with Crippen LogP contribution in [0.3, 0.4) is 0 Å². The smallest absolute Gasteiger partial charge is 0.233 e. The zero-order valence-corrected chi connectivity index (χ0v) is 10.5. The van der Waals surface area contributed by atoms with Gasteiger partial charge in [0, 0.05) is 25.5 Å². The van der Waals surface area contributed by atoms with Gasteiger partial charge in [-0.1, -0.05) is 13.3 Å². The maximum absolute atomic E-state index is 11.3. The third-order valence-electron chi connectivity index (χ3n) is 2.44. The van der Waals surface area contributed by atoms with E-state index in [0.29, 0.717) is 6.54 Å². The second-order valence-corrected chi connectivity index (χ2v) is 4.00. The van der Waals surface area contributed by atoms with Gasteiger partial charge in [-0.2, -0.15) is 5.10 Å². The van der Waals surface area contributed by atoms with Gasteiger partial charge in [0.15, 0.2) is 0 Å². The Balaban J connectivity index is 1.91. The van der Waals surface area contributed by atoms with Crippen molar-refractivity contribution < 1.29 is 4.79 Å². The van der Waals surface area contributed by atoms with E-state index in [0.717, 1.165) is 38.9 Å². The van der Waals surface area contributed by atoms with Gasteiger partial charge in [0.05, 0.1) is 6.54 Å². The van der Waals surface area contributed by atoms with Crippen LogP contribution >= 0.6 is 0 Å². The van der Waals surface area contributed by atoms with Gasteiger partial charge in [0.2, 0.25) is 5.91 Å². The van der Waals surface area contributed by atoms with E-state index in [9.17, 15) is 4.79 Å². The molecule has 0 spiro atoms. The van der Waals surface area contributed by atoms with Gasteiger partial charge < -0.3 is 10.6 Å². The van der Waals surface area contributed by atoms with Gasteiger partial charge >= 0.3 is 0 Å². The van der Waals surface area contributed by atoms with Crippen LogP contribution < -0.4 is 10.6 Å². The van der Waals surface area contributed by atoms with Crippen molar-refractivity contribution in [3.8, 4) is 0 Å². The van der Waals surface area contributed by atoms with E-state index in [-0.39, 0.29) is 5.91 Å². The first-order valence-corrected chi connectivity index (χ1v) is 6.27. The summed E-state index contributed by atoms with van der Waals surface area (Å²) in [5.74, 6) is 0.0811. The van der Waals surface area contributed by atoms with Crippen LogP contribution in [0.15, 0.2) is 18.5 Å². The maximum atomic E-state index is 11.3. The lowest BCUT2D eigenvalue weighted by Crippen LogP contribution is -2.34. The standard InChI is InChI=1S/C12H22N4O/c1-2-3-7-14-12(17)11-13-6-4-9-16-10-5-8-15-16/h5,8,10,13H,2-4,6-7,9,11H2,1H3,(H,14,17). The summed E-state index contributed by atoms with van der Waals surface area (Å²) in [6, 6.07) is 1.91. The molecule has 0 radical (unpaired) electrons. The number of amides is 1. The van der Waals surface area contributed by atoms with Crippen LogP contribution in [0.5, 0.6) is 0 Å². The number of unbranched alkanes of at least 4 members (excludes halogenated alkanes) is 1. The van der Waals surface area contributed by atoms with Crippen LogP contribution in [0, 0.1) is 0 Å². The van der Waals surface area contributed by atoms with Crippen LogP contribution in [0.1, 0.15) is 26.2 Å². The summed E-state index contributed by atoms with van der Waals surface area (Å²) < 4.78 is 1.89. The fraction of sp³-hybridized carbons (Fsp3) is 0.667. The lowest BCUT2D eigenvalue weighted by molar-refractivity contribution is -0.120. The van der Waals surface area contributed by atoms with Crippen molar-refractivity contribution in [2.75, 3.05) is 19.6 Å². The Morgan fingerprint density at radius 1 is 1.35 bits per heavy atom. The van der Waals surface area contributed by atoms with E-state index < -0.39 is 0 Å². The number of aromatic nitrogens is 2. The molecule has 1 aromatic heterocycles. The Morgan fingerprint density at radius 2 is 2.24 bits per heavy atom. The van der Waals surface area contributed by atoms with Crippen LogP contribution in [-0.4, -0.2) is 35.3 Å². The van der Waals surface area contributed by atoms with Gasteiger partial charge in [0.1, 0.15) is 0 Å². The van der Waals surface area contributed by atoms with E-state index in [2.05, 4.69) is 22.7 Å². The molecule has 0 saturated heterocycles. The molecule has 0 bridgehead atoms. The Kier molecular flexibility index (Phi) is 7.06. The number of carbonyl (C=O) groups excluding carboxylic acids is 1. The first-order valence-electron chi connectivity index (χ1n) is 6.27. The number of hydrogen-bond donors (Lipinski definition) is 2. The predicted molar refractivity (Wildman–Crippen MR) is 67.6 cm³/mol. The zero-order chi connectivity index (χ0) is 12.3. The normalized spacial score (nSPS) is 10.4. The average Bonchev–Trinajstić information content (AvgIpc) is 2.82. The van der Waals surface area contributed by atoms with E-state index in [1.165, 1.54) is 0 Å². The summed E-state index contributed by atoms with van der Waals surface area (Å²) in [6.45, 7) is 5.02. The number of aryl methyl sites for hydroxylation is 1. The lowest BCUT2D eigenvalue weighted by atomic mass is 10.3. The number of hydrogen-bond acceptors (Lipinski definition) is 3. The fourth-order valence-corrected chi connectivity index (χ4v) is 1.47. The van der Waals surface area contributed by atoms with Crippen molar-refractivity contribution >= 4 is 5.91 Å². The molecule has 2 N–H and O–H groups in total. The molecule has 0 aliphatic carbocycles. The van der Waals surface area contributed by atoms with E-state index in [1.54, 1.807) is 6.20 Å². The van der Waals surface area contributed by atoms with Crippen molar-refractivity contribution in [3.63, 3.8) is 0 Å². The molecule has 1 amide bonds. The lowest BCUT2D eigenvalue weighted by Gasteiger charge is -2.06. The molecule has 17 heavy (non-hydrogen) atoms. The highest BCUT2D eigenvalue weighted by molar-refractivity contribution is 5.77. The van der Waals surface area contributed by atoms with Gasteiger partial charge in [-0.25, -0.2) is 0 Å². The van der Waals surface area contributed by atoms with Crippen LogP contribution in [0.2, 0.25) is 0 Å². The minimum absolute atomic E-state index is 0.0811. The largest absolute Gasteiger partial charge is 0.355 e. The van der Waals surface area contributed by atoms with Crippen molar-refractivity contribution in [3.05, 3.63) is 18.5 Å². The molecule has 1 rings (SSSR count). The van der Waals surface area contributed by atoms with Gasteiger partial charge in [-0.15, -0.1) is 0 Å².